The zero-order valence-corrected chi connectivity index (χ0v) is 24.7. The number of anilines is 1. The molecule has 5 rings (SSSR count). The van der Waals surface area contributed by atoms with Gasteiger partial charge in [0, 0.05) is 41.8 Å². The van der Waals surface area contributed by atoms with Gasteiger partial charge in [0.2, 0.25) is 0 Å². The van der Waals surface area contributed by atoms with Crippen LogP contribution in [0.15, 0.2) is 78.6 Å². The Morgan fingerprint density at radius 1 is 1.05 bits per heavy atom. The number of nitrogens with one attached hydrogen (secondary N) is 3. The number of benzene rings is 2. The maximum atomic E-state index is 13.3. The second kappa shape index (κ2) is 13.6. The molecule has 44 heavy (non-hydrogen) atoms. The van der Waals surface area contributed by atoms with Gasteiger partial charge in [-0.3, -0.25) is 14.4 Å². The van der Waals surface area contributed by atoms with Crippen molar-refractivity contribution in [2.45, 2.75) is 32.4 Å². The van der Waals surface area contributed by atoms with E-state index in [1.807, 2.05) is 32.2 Å². The van der Waals surface area contributed by atoms with E-state index < -0.39 is 17.9 Å². The number of carbonyl (C=O) groups is 3. The van der Waals surface area contributed by atoms with E-state index in [1.54, 1.807) is 53.2 Å². The molecule has 0 saturated heterocycles. The minimum Gasteiger partial charge on any atom is -0.490 e. The molecule has 2 aromatic carbocycles. The van der Waals surface area contributed by atoms with E-state index in [1.165, 1.54) is 11.4 Å². The number of ether oxygens (including phenoxy) is 1. The number of hydrogen-bond acceptors (Lipinski definition) is 9. The van der Waals surface area contributed by atoms with Gasteiger partial charge in [0.1, 0.15) is 17.5 Å². The van der Waals surface area contributed by atoms with Gasteiger partial charge in [-0.15, -0.1) is 5.10 Å². The highest BCUT2D eigenvalue weighted by atomic mass is 32.1. The van der Waals surface area contributed by atoms with Crippen LogP contribution in [0.3, 0.4) is 0 Å². The van der Waals surface area contributed by atoms with Gasteiger partial charge in [0.25, 0.3) is 17.7 Å². The summed E-state index contributed by atoms with van der Waals surface area (Å²) in [7, 11) is 0. The predicted octanol–water partition coefficient (Wildman–Crippen LogP) is 3.87. The number of nitrogens with zero attached hydrogens (tertiary/aromatic N) is 5. The summed E-state index contributed by atoms with van der Waals surface area (Å²) in [6.07, 6.45) is 5.45. The number of fused-ring (bicyclic) bond motifs is 1. The van der Waals surface area contributed by atoms with Gasteiger partial charge in [0.05, 0.1) is 23.3 Å². The number of amides is 3. The largest absolute Gasteiger partial charge is 0.490 e. The van der Waals surface area contributed by atoms with Crippen LogP contribution in [-0.4, -0.2) is 55.4 Å². The van der Waals surface area contributed by atoms with Crippen molar-refractivity contribution in [2.24, 2.45) is 0 Å². The van der Waals surface area contributed by atoms with Gasteiger partial charge in [-0.1, -0.05) is 16.6 Å². The molecule has 1 atom stereocenters. The van der Waals surface area contributed by atoms with Gasteiger partial charge >= 0.3 is 0 Å². The highest BCUT2D eigenvalue weighted by Crippen LogP contribution is 2.21. The summed E-state index contributed by atoms with van der Waals surface area (Å²) in [5.74, 6) is -0.719. The number of pyridine rings is 1. The van der Waals surface area contributed by atoms with E-state index in [4.69, 9.17) is 4.74 Å². The number of nitriles is 1. The van der Waals surface area contributed by atoms with Gasteiger partial charge in [-0.2, -0.15) is 5.26 Å². The predicted molar refractivity (Wildman–Crippen MR) is 164 cm³/mol. The summed E-state index contributed by atoms with van der Waals surface area (Å²) in [5.41, 5.74) is 3.15. The third-order valence-corrected chi connectivity index (χ3v) is 7.02. The highest BCUT2D eigenvalue weighted by Gasteiger charge is 2.19. The normalized spacial score (nSPS) is 11.5. The van der Waals surface area contributed by atoms with E-state index in [0.717, 1.165) is 17.1 Å². The first-order valence-corrected chi connectivity index (χ1v) is 14.5. The minimum absolute atomic E-state index is 0.106. The smallest absolute Gasteiger partial charge is 0.272 e. The van der Waals surface area contributed by atoms with Crippen molar-refractivity contribution in [3.8, 4) is 11.8 Å². The Balaban J connectivity index is 1.29. The molecule has 0 fully saturated rings. The lowest BCUT2D eigenvalue weighted by molar-refractivity contribution is 0.0906. The Morgan fingerprint density at radius 2 is 1.86 bits per heavy atom. The van der Waals surface area contributed by atoms with E-state index >= 15 is 0 Å². The first kappa shape index (κ1) is 29.9. The van der Waals surface area contributed by atoms with Crippen molar-refractivity contribution >= 4 is 40.6 Å². The summed E-state index contributed by atoms with van der Waals surface area (Å²) in [4.78, 5) is 43.0. The molecule has 0 aliphatic rings. The Labute approximate surface area is 256 Å². The molecule has 222 valence electrons. The van der Waals surface area contributed by atoms with E-state index in [0.29, 0.717) is 29.1 Å². The lowest BCUT2D eigenvalue weighted by atomic mass is 10.0. The molecular weight excluding hydrogens is 580 g/mol. The standard InChI is InChI=1S/C31H28N8O4S/c1-19(2)43-27-10-7-21(15-22(27)16-32)29(40)36-24(17-34-31(42)26-18-44-38-37-26)14-20-5-8-23(9-6-20)35-30(41)25-4-3-12-39-13-11-33-28(25)39/h3-13,15,18-19,24H,14,17H2,1-2H3,(H,34,42)(H,35,41)(H,36,40)/t24-/m0/s1. The van der Waals surface area contributed by atoms with Crippen molar-refractivity contribution in [1.29, 1.82) is 5.26 Å². The van der Waals surface area contributed by atoms with Crippen LogP contribution in [0.4, 0.5) is 5.69 Å². The van der Waals surface area contributed by atoms with Crippen LogP contribution in [0, 0.1) is 11.3 Å². The zero-order chi connectivity index (χ0) is 31.1. The number of rotatable bonds is 11. The summed E-state index contributed by atoms with van der Waals surface area (Å²) in [6, 6.07) is 16.9. The molecule has 3 heterocycles. The monoisotopic (exact) mass is 608 g/mol. The lowest BCUT2D eigenvalue weighted by Crippen LogP contribution is -2.45. The topological polar surface area (TPSA) is 163 Å². The SMILES string of the molecule is CC(C)Oc1ccc(C(=O)N[C@H](CNC(=O)c2csnn2)Cc2ccc(NC(=O)c3cccn4ccnc34)cc2)cc1C#N. The molecule has 0 spiro atoms. The second-order valence-electron chi connectivity index (χ2n) is 10.1. The average Bonchev–Trinajstić information content (AvgIpc) is 3.73. The van der Waals surface area contributed by atoms with Crippen LogP contribution < -0.4 is 20.7 Å². The maximum absolute atomic E-state index is 13.3. The number of carbonyl (C=O) groups excluding carboxylic acids is 3. The van der Waals surface area contributed by atoms with Crippen molar-refractivity contribution in [2.75, 3.05) is 11.9 Å². The van der Waals surface area contributed by atoms with Gasteiger partial charge in [0.15, 0.2) is 5.69 Å². The Kier molecular flexibility index (Phi) is 9.22. The zero-order valence-electron chi connectivity index (χ0n) is 23.9. The first-order chi connectivity index (χ1) is 21.3. The first-order valence-electron chi connectivity index (χ1n) is 13.7. The average molecular weight is 609 g/mol. The fourth-order valence-corrected chi connectivity index (χ4v) is 4.90. The van der Waals surface area contributed by atoms with E-state index in [9.17, 15) is 19.6 Å². The molecule has 0 radical (unpaired) electrons. The summed E-state index contributed by atoms with van der Waals surface area (Å²) in [6.45, 7) is 3.81. The van der Waals surface area contributed by atoms with Crippen LogP contribution in [0.25, 0.3) is 5.65 Å². The molecular formula is C31H28N8O4S. The van der Waals surface area contributed by atoms with Crippen LogP contribution in [0.2, 0.25) is 0 Å². The number of aromatic nitrogens is 4. The second-order valence-corrected chi connectivity index (χ2v) is 10.7. The molecule has 5 aromatic rings. The molecule has 0 aliphatic heterocycles. The minimum atomic E-state index is -0.520. The summed E-state index contributed by atoms with van der Waals surface area (Å²) in [5, 5.41) is 23.6. The number of imidazole rings is 1. The molecule has 0 unspecified atom stereocenters. The molecule has 3 aromatic heterocycles. The molecule has 3 N–H and O–H groups in total. The maximum Gasteiger partial charge on any atom is 0.272 e. The van der Waals surface area contributed by atoms with Crippen molar-refractivity contribution in [3.63, 3.8) is 0 Å². The van der Waals surface area contributed by atoms with Crippen LogP contribution in [0.5, 0.6) is 5.75 Å². The van der Waals surface area contributed by atoms with Crippen molar-refractivity contribution in [1.82, 2.24) is 29.6 Å². The molecule has 0 saturated carbocycles. The number of hydrogen-bond donors (Lipinski definition) is 3. The Morgan fingerprint density at radius 3 is 2.59 bits per heavy atom. The fraction of sp³-hybridized carbons (Fsp3) is 0.194. The molecule has 0 aliphatic carbocycles. The van der Waals surface area contributed by atoms with Crippen LogP contribution in [0.1, 0.15) is 56.2 Å². The molecule has 13 heteroatoms. The molecule has 12 nitrogen and oxygen atoms in total. The molecule has 0 bridgehead atoms. The quantitative estimate of drug-likeness (QED) is 0.203. The van der Waals surface area contributed by atoms with Gasteiger partial charge in [-0.05, 0) is 79.8 Å². The Hall–Kier alpha value is -5.61. The third-order valence-electron chi connectivity index (χ3n) is 6.52. The van der Waals surface area contributed by atoms with E-state index in [2.05, 4.69) is 36.6 Å². The van der Waals surface area contributed by atoms with Crippen LogP contribution in [-0.2, 0) is 6.42 Å². The highest BCUT2D eigenvalue weighted by molar-refractivity contribution is 7.03. The van der Waals surface area contributed by atoms with Gasteiger partial charge < -0.3 is 25.1 Å². The lowest BCUT2D eigenvalue weighted by Gasteiger charge is -2.20. The Bertz CT molecular complexity index is 1830. The van der Waals surface area contributed by atoms with Gasteiger partial charge in [-0.25, -0.2) is 4.98 Å². The van der Waals surface area contributed by atoms with E-state index in [-0.39, 0.29) is 35.4 Å². The summed E-state index contributed by atoms with van der Waals surface area (Å²) < 4.78 is 11.1. The fourth-order valence-electron chi connectivity index (χ4n) is 4.46. The van der Waals surface area contributed by atoms with Crippen molar-refractivity contribution in [3.05, 3.63) is 107 Å². The van der Waals surface area contributed by atoms with Crippen molar-refractivity contribution < 1.29 is 19.1 Å². The molecule has 3 amide bonds. The van der Waals surface area contributed by atoms with Crippen LogP contribution >= 0.6 is 11.5 Å². The third kappa shape index (κ3) is 7.23. The summed E-state index contributed by atoms with van der Waals surface area (Å²) >= 11 is 1.06.